The molecule has 4 nitrogen and oxygen atoms in total. The molecule has 3 rings (SSSR count). The van der Waals surface area contributed by atoms with Gasteiger partial charge in [0.05, 0.1) is 5.75 Å². The number of nitrogens with one attached hydrogen (secondary N) is 1. The van der Waals surface area contributed by atoms with Crippen LogP contribution >= 0.6 is 11.8 Å². The van der Waals surface area contributed by atoms with Gasteiger partial charge in [-0.3, -0.25) is 14.5 Å². The number of carbonyl (C=O) groups excluding carboxylic acids is 2. The van der Waals surface area contributed by atoms with Crippen molar-refractivity contribution in [1.82, 2.24) is 0 Å². The average Bonchev–Trinajstić information content (AvgIpc) is 3.12. The number of thioether (sulfide) groups is 1. The van der Waals surface area contributed by atoms with Gasteiger partial charge in [-0.2, -0.15) is 0 Å². The number of hydrogen-bond acceptors (Lipinski definition) is 3. The fourth-order valence-corrected chi connectivity index (χ4v) is 4.81. The normalized spacial score (nSPS) is 17.3. The summed E-state index contributed by atoms with van der Waals surface area (Å²) in [4.78, 5) is 26.7. The summed E-state index contributed by atoms with van der Waals surface area (Å²) in [7, 11) is 0. The Labute approximate surface area is 182 Å². The predicted octanol–water partition coefficient (Wildman–Crippen LogP) is 6.07. The first kappa shape index (κ1) is 22.3. The molecule has 0 aromatic heterocycles. The number of unbranched alkanes of at least 4 members (excludes halogenated alkanes) is 1. The van der Waals surface area contributed by atoms with Crippen LogP contribution in [-0.2, 0) is 9.59 Å². The second kappa shape index (κ2) is 10.1. The third-order valence-corrected chi connectivity index (χ3v) is 6.75. The van der Waals surface area contributed by atoms with Crippen molar-refractivity contribution in [2.24, 2.45) is 5.92 Å². The molecule has 1 saturated heterocycles. The molecule has 0 saturated carbocycles. The fraction of sp³-hybridized carbons (Fsp3) is 0.417. The van der Waals surface area contributed by atoms with Crippen LogP contribution in [0.5, 0.6) is 0 Å². The van der Waals surface area contributed by atoms with Gasteiger partial charge in [-0.05, 0) is 55.2 Å². The van der Waals surface area contributed by atoms with E-state index in [1.807, 2.05) is 31.2 Å². The summed E-state index contributed by atoms with van der Waals surface area (Å²) < 4.78 is 14.1. The molecule has 1 heterocycles. The van der Waals surface area contributed by atoms with Gasteiger partial charge in [-0.1, -0.05) is 44.9 Å². The molecule has 30 heavy (non-hydrogen) atoms. The van der Waals surface area contributed by atoms with Gasteiger partial charge in [0.2, 0.25) is 11.8 Å². The van der Waals surface area contributed by atoms with E-state index in [2.05, 4.69) is 12.2 Å². The molecule has 6 heteroatoms. The summed E-state index contributed by atoms with van der Waals surface area (Å²) in [6.45, 7) is 5.87. The van der Waals surface area contributed by atoms with Gasteiger partial charge in [-0.25, -0.2) is 4.39 Å². The maximum atomic E-state index is 14.1. The van der Waals surface area contributed by atoms with Crippen molar-refractivity contribution in [2.45, 2.75) is 51.8 Å². The van der Waals surface area contributed by atoms with Crippen LogP contribution in [0.1, 0.15) is 56.0 Å². The van der Waals surface area contributed by atoms with Gasteiger partial charge < -0.3 is 5.32 Å². The van der Waals surface area contributed by atoms with Crippen LogP contribution in [0.2, 0.25) is 0 Å². The van der Waals surface area contributed by atoms with Gasteiger partial charge in [0.1, 0.15) is 11.2 Å². The van der Waals surface area contributed by atoms with Gasteiger partial charge in [-0.15, -0.1) is 11.8 Å². The lowest BCUT2D eigenvalue weighted by atomic mass is 9.98. The minimum absolute atomic E-state index is 0.0274. The second-order valence-electron chi connectivity index (χ2n) is 7.72. The minimum atomic E-state index is -0.317. The maximum absolute atomic E-state index is 14.1. The zero-order valence-electron chi connectivity index (χ0n) is 17.8. The molecule has 2 amide bonds. The van der Waals surface area contributed by atoms with E-state index >= 15 is 0 Å². The Morgan fingerprint density at radius 3 is 2.60 bits per heavy atom. The van der Waals surface area contributed by atoms with Crippen LogP contribution in [0.15, 0.2) is 42.5 Å². The number of halogens is 1. The predicted molar refractivity (Wildman–Crippen MR) is 122 cm³/mol. The second-order valence-corrected chi connectivity index (χ2v) is 8.79. The van der Waals surface area contributed by atoms with Crippen molar-refractivity contribution in [3.8, 4) is 0 Å². The van der Waals surface area contributed by atoms with Crippen molar-refractivity contribution in [3.63, 3.8) is 0 Å². The Hall–Kier alpha value is -2.34. The Morgan fingerprint density at radius 2 is 1.97 bits per heavy atom. The van der Waals surface area contributed by atoms with Crippen molar-refractivity contribution in [2.75, 3.05) is 16.0 Å². The first-order valence-corrected chi connectivity index (χ1v) is 11.6. The summed E-state index contributed by atoms with van der Waals surface area (Å²) in [5.41, 5.74) is 2.82. The van der Waals surface area contributed by atoms with E-state index in [9.17, 15) is 14.0 Å². The molecule has 0 spiro atoms. The van der Waals surface area contributed by atoms with E-state index in [-0.39, 0.29) is 28.9 Å². The number of anilines is 2. The number of nitrogens with zero attached hydrogens (tertiary/aromatic N) is 1. The first-order chi connectivity index (χ1) is 14.4. The number of benzene rings is 2. The standard InChI is InChI=1S/C24H29FN2O2S/c1-4-6-7-17(5-2)23(29)26-19-11-9-18(10-12-19)24-27(22(28)15-30-24)20-13-8-16(3)21(25)14-20/h8-14,17,24H,4-7,15H2,1-3H3,(H,26,29)/t17-,24+/m0/s1. The van der Waals surface area contributed by atoms with Crippen LogP contribution in [0, 0.1) is 18.7 Å². The van der Waals surface area contributed by atoms with Gasteiger partial charge in [0, 0.05) is 17.3 Å². The quantitative estimate of drug-likeness (QED) is 0.555. The van der Waals surface area contributed by atoms with E-state index in [1.165, 1.54) is 17.8 Å². The molecular weight excluding hydrogens is 399 g/mol. The molecule has 1 N–H and O–H groups in total. The largest absolute Gasteiger partial charge is 0.326 e. The molecule has 1 fully saturated rings. The number of amides is 2. The van der Waals surface area contributed by atoms with Crippen molar-refractivity contribution in [3.05, 3.63) is 59.4 Å². The lowest BCUT2D eigenvalue weighted by Gasteiger charge is -2.25. The number of rotatable bonds is 8. The van der Waals surface area contributed by atoms with Crippen LogP contribution in [0.25, 0.3) is 0 Å². The Balaban J connectivity index is 1.73. The zero-order valence-corrected chi connectivity index (χ0v) is 18.6. The summed E-state index contributed by atoms with van der Waals surface area (Å²) in [5, 5.41) is 2.80. The lowest BCUT2D eigenvalue weighted by Crippen LogP contribution is -2.28. The van der Waals surface area contributed by atoms with Gasteiger partial charge in [0.25, 0.3) is 0 Å². The van der Waals surface area contributed by atoms with Crippen molar-refractivity contribution in [1.29, 1.82) is 0 Å². The third-order valence-electron chi connectivity index (χ3n) is 5.53. The molecule has 1 aliphatic heterocycles. The van der Waals surface area contributed by atoms with E-state index in [0.29, 0.717) is 17.0 Å². The Bertz CT molecular complexity index is 901. The molecule has 2 aromatic rings. The summed E-state index contributed by atoms with van der Waals surface area (Å²) in [5.74, 6) is 0.0872. The monoisotopic (exact) mass is 428 g/mol. The SMILES string of the molecule is CCCC[C@H](CC)C(=O)Nc1ccc([C@H]2SCC(=O)N2c2ccc(C)c(F)c2)cc1. The van der Waals surface area contributed by atoms with E-state index < -0.39 is 0 Å². The lowest BCUT2D eigenvalue weighted by molar-refractivity contribution is -0.120. The number of hydrogen-bond donors (Lipinski definition) is 1. The molecular formula is C24H29FN2O2S. The first-order valence-electron chi connectivity index (χ1n) is 10.5. The molecule has 0 aliphatic carbocycles. The summed E-state index contributed by atoms with van der Waals surface area (Å²) >= 11 is 1.52. The molecule has 0 bridgehead atoms. The maximum Gasteiger partial charge on any atom is 0.238 e. The topological polar surface area (TPSA) is 49.4 Å². The molecule has 1 aliphatic rings. The average molecular weight is 429 g/mol. The smallest absolute Gasteiger partial charge is 0.238 e. The van der Waals surface area contributed by atoms with E-state index in [4.69, 9.17) is 0 Å². The number of carbonyl (C=O) groups is 2. The zero-order chi connectivity index (χ0) is 21.7. The van der Waals surface area contributed by atoms with Crippen LogP contribution in [-0.4, -0.2) is 17.6 Å². The van der Waals surface area contributed by atoms with Crippen LogP contribution < -0.4 is 10.2 Å². The summed E-state index contributed by atoms with van der Waals surface area (Å²) in [6.07, 6.45) is 3.86. The van der Waals surface area contributed by atoms with E-state index in [0.717, 1.165) is 36.9 Å². The number of aryl methyl sites for hydroxylation is 1. The fourth-order valence-electron chi connectivity index (χ4n) is 3.63. The minimum Gasteiger partial charge on any atom is -0.326 e. The van der Waals surface area contributed by atoms with E-state index in [1.54, 1.807) is 24.0 Å². The van der Waals surface area contributed by atoms with Gasteiger partial charge >= 0.3 is 0 Å². The molecule has 160 valence electrons. The molecule has 0 unspecified atom stereocenters. The highest BCUT2D eigenvalue weighted by molar-refractivity contribution is 8.00. The van der Waals surface area contributed by atoms with Crippen molar-refractivity contribution < 1.29 is 14.0 Å². The molecule has 2 aromatic carbocycles. The Morgan fingerprint density at radius 1 is 1.23 bits per heavy atom. The van der Waals surface area contributed by atoms with Crippen LogP contribution in [0.3, 0.4) is 0 Å². The van der Waals surface area contributed by atoms with Gasteiger partial charge in [0.15, 0.2) is 0 Å². The highest BCUT2D eigenvalue weighted by Gasteiger charge is 2.34. The third kappa shape index (κ3) is 5.04. The Kier molecular flexibility index (Phi) is 7.53. The molecule has 0 radical (unpaired) electrons. The van der Waals surface area contributed by atoms with Crippen LogP contribution in [0.4, 0.5) is 15.8 Å². The highest BCUT2D eigenvalue weighted by Crippen LogP contribution is 2.42. The molecule has 2 atom stereocenters. The highest BCUT2D eigenvalue weighted by atomic mass is 32.2. The summed E-state index contributed by atoms with van der Waals surface area (Å²) in [6, 6.07) is 12.5. The van der Waals surface area contributed by atoms with Crippen molar-refractivity contribution >= 4 is 35.0 Å².